The Kier molecular flexibility index (Phi) is 3.53. The zero-order chi connectivity index (χ0) is 14.9. The summed E-state index contributed by atoms with van der Waals surface area (Å²) < 4.78 is 31.0. The molecule has 1 aliphatic rings. The van der Waals surface area contributed by atoms with Gasteiger partial charge in [0.25, 0.3) is 0 Å². The Bertz CT molecular complexity index is 669. The molecule has 9 heteroatoms. The van der Waals surface area contributed by atoms with Crippen molar-refractivity contribution < 1.29 is 27.9 Å². The van der Waals surface area contributed by atoms with E-state index in [1.54, 1.807) is 4.72 Å². The fourth-order valence-electron chi connectivity index (χ4n) is 1.96. The van der Waals surface area contributed by atoms with E-state index < -0.39 is 22.3 Å². The van der Waals surface area contributed by atoms with Gasteiger partial charge in [0, 0.05) is 6.54 Å². The molecule has 1 amide bonds. The molecule has 0 saturated heterocycles. The third-order valence-corrected chi connectivity index (χ3v) is 4.25. The monoisotopic (exact) mass is 300 g/mol. The van der Waals surface area contributed by atoms with Crippen LogP contribution in [0.1, 0.15) is 15.9 Å². The summed E-state index contributed by atoms with van der Waals surface area (Å²) in [7, 11) is -3.00. The van der Waals surface area contributed by atoms with Gasteiger partial charge in [-0.2, -0.15) is 8.42 Å². The van der Waals surface area contributed by atoms with Crippen molar-refractivity contribution in [2.75, 3.05) is 18.0 Å². The van der Waals surface area contributed by atoms with Crippen molar-refractivity contribution >= 4 is 28.0 Å². The molecule has 0 unspecified atom stereocenters. The number of amides is 1. The number of carbonyl (C=O) groups excluding carboxylic acids is 1. The predicted octanol–water partition coefficient (Wildman–Crippen LogP) is 0.348. The van der Waals surface area contributed by atoms with Crippen molar-refractivity contribution in [2.24, 2.45) is 0 Å². The first-order valence-corrected chi connectivity index (χ1v) is 7.04. The zero-order valence-corrected chi connectivity index (χ0v) is 11.3. The molecule has 0 radical (unpaired) electrons. The average molecular weight is 300 g/mol. The molecule has 0 spiro atoms. The van der Waals surface area contributed by atoms with Gasteiger partial charge in [0.15, 0.2) is 0 Å². The fourth-order valence-corrected chi connectivity index (χ4v) is 3.13. The lowest BCUT2D eigenvalue weighted by molar-refractivity contribution is 0.0696. The number of benzene rings is 1. The van der Waals surface area contributed by atoms with E-state index in [1.807, 2.05) is 0 Å². The molecule has 0 bridgehead atoms. The van der Waals surface area contributed by atoms with Crippen molar-refractivity contribution in [1.29, 1.82) is 0 Å². The maximum absolute atomic E-state index is 12.0. The van der Waals surface area contributed by atoms with Crippen LogP contribution in [-0.4, -0.2) is 39.2 Å². The average Bonchev–Trinajstić information content (AvgIpc) is 2.81. The zero-order valence-electron chi connectivity index (χ0n) is 10.5. The molecule has 1 aromatic carbocycles. The third-order valence-electron chi connectivity index (χ3n) is 2.87. The van der Waals surface area contributed by atoms with Gasteiger partial charge in [-0.05, 0) is 30.2 Å². The normalized spacial score (nSPS) is 13.8. The molecule has 20 heavy (non-hydrogen) atoms. The molecule has 0 saturated carbocycles. The van der Waals surface area contributed by atoms with Crippen LogP contribution in [0.5, 0.6) is 0 Å². The lowest BCUT2D eigenvalue weighted by Crippen LogP contribution is -2.42. The summed E-state index contributed by atoms with van der Waals surface area (Å²) in [5, 5.41) is 8.89. The van der Waals surface area contributed by atoms with E-state index in [9.17, 15) is 18.0 Å². The summed E-state index contributed by atoms with van der Waals surface area (Å²) in [6, 6.07) is 4.14. The van der Waals surface area contributed by atoms with Gasteiger partial charge in [0.1, 0.15) is 0 Å². The summed E-state index contributed by atoms with van der Waals surface area (Å²) >= 11 is 0. The van der Waals surface area contributed by atoms with Gasteiger partial charge in [0.2, 0.25) is 0 Å². The van der Waals surface area contributed by atoms with E-state index in [1.165, 1.54) is 18.2 Å². The Hall–Kier alpha value is -2.29. The fraction of sp³-hybridized carbons (Fsp3) is 0.273. The molecular formula is C11H12N2O6S. The second-order valence-corrected chi connectivity index (χ2v) is 5.66. The van der Waals surface area contributed by atoms with Crippen LogP contribution >= 0.6 is 0 Å². The molecule has 0 atom stereocenters. The SMILES string of the molecule is COC(=O)NS(=O)(=O)N1CCc2cc(C(=O)O)ccc21. The summed E-state index contributed by atoms with van der Waals surface area (Å²) in [4.78, 5) is 21.9. The number of anilines is 1. The number of ether oxygens (including phenoxy) is 1. The number of aromatic carboxylic acids is 1. The quantitative estimate of drug-likeness (QED) is 0.832. The van der Waals surface area contributed by atoms with Crippen molar-refractivity contribution in [1.82, 2.24) is 4.72 Å². The van der Waals surface area contributed by atoms with Crippen molar-refractivity contribution in [2.45, 2.75) is 6.42 Å². The highest BCUT2D eigenvalue weighted by molar-refractivity contribution is 7.91. The lowest BCUT2D eigenvalue weighted by atomic mass is 10.1. The largest absolute Gasteiger partial charge is 0.478 e. The standard InChI is InChI=1S/C11H12N2O6S/c1-19-11(16)12-20(17,18)13-5-4-7-6-8(10(14)15)2-3-9(7)13/h2-3,6H,4-5H2,1H3,(H,12,16)(H,14,15). The number of hydrogen-bond acceptors (Lipinski definition) is 5. The summed E-state index contributed by atoms with van der Waals surface area (Å²) in [6.45, 7) is 0.130. The van der Waals surface area contributed by atoms with Crippen molar-refractivity contribution in [3.8, 4) is 0 Å². The highest BCUT2D eigenvalue weighted by Crippen LogP contribution is 2.30. The van der Waals surface area contributed by atoms with Crippen LogP contribution in [0.25, 0.3) is 0 Å². The molecule has 0 fully saturated rings. The minimum Gasteiger partial charge on any atom is -0.478 e. The van der Waals surface area contributed by atoms with Crippen LogP contribution in [0, 0.1) is 0 Å². The maximum atomic E-state index is 12.0. The maximum Gasteiger partial charge on any atom is 0.422 e. The van der Waals surface area contributed by atoms with Crippen molar-refractivity contribution in [3.05, 3.63) is 29.3 Å². The lowest BCUT2D eigenvalue weighted by Gasteiger charge is -2.19. The van der Waals surface area contributed by atoms with Gasteiger partial charge < -0.3 is 9.84 Å². The summed E-state index contributed by atoms with van der Waals surface area (Å²) in [5.41, 5.74) is 1.04. The minimum atomic E-state index is -4.06. The Morgan fingerprint density at radius 1 is 1.40 bits per heavy atom. The molecule has 1 aliphatic heterocycles. The van der Waals surface area contributed by atoms with Gasteiger partial charge in [0.05, 0.1) is 18.4 Å². The van der Waals surface area contributed by atoms with E-state index >= 15 is 0 Å². The molecule has 1 heterocycles. The van der Waals surface area contributed by atoms with Crippen LogP contribution in [0.2, 0.25) is 0 Å². The number of nitrogens with zero attached hydrogens (tertiary/aromatic N) is 1. The van der Waals surface area contributed by atoms with Gasteiger partial charge in [-0.1, -0.05) is 0 Å². The van der Waals surface area contributed by atoms with E-state index in [0.29, 0.717) is 17.7 Å². The second kappa shape index (κ2) is 5.00. The van der Waals surface area contributed by atoms with Crippen molar-refractivity contribution in [3.63, 3.8) is 0 Å². The Balaban J connectivity index is 2.32. The molecule has 1 aromatic rings. The van der Waals surface area contributed by atoms with E-state index in [0.717, 1.165) is 11.4 Å². The minimum absolute atomic E-state index is 0.0870. The molecule has 108 valence electrons. The van der Waals surface area contributed by atoms with Gasteiger partial charge in [-0.3, -0.25) is 4.31 Å². The smallest absolute Gasteiger partial charge is 0.422 e. The molecule has 2 rings (SSSR count). The van der Waals surface area contributed by atoms with Crippen LogP contribution in [0.4, 0.5) is 10.5 Å². The first-order valence-electron chi connectivity index (χ1n) is 5.60. The van der Waals surface area contributed by atoms with E-state index in [2.05, 4.69) is 4.74 Å². The van der Waals surface area contributed by atoms with Crippen LogP contribution < -0.4 is 9.03 Å². The third kappa shape index (κ3) is 2.52. The van der Waals surface area contributed by atoms with E-state index in [-0.39, 0.29) is 12.1 Å². The molecular weight excluding hydrogens is 288 g/mol. The number of carbonyl (C=O) groups is 2. The summed E-state index contributed by atoms with van der Waals surface area (Å²) in [5.74, 6) is -1.08. The van der Waals surface area contributed by atoms with Crippen LogP contribution in [0.15, 0.2) is 18.2 Å². The number of nitrogens with one attached hydrogen (secondary N) is 1. The molecule has 8 nitrogen and oxygen atoms in total. The summed E-state index contributed by atoms with van der Waals surface area (Å²) in [6.07, 6.45) is -0.709. The predicted molar refractivity (Wildman–Crippen MR) is 68.9 cm³/mol. The number of carboxylic acids is 1. The second-order valence-electron chi connectivity index (χ2n) is 4.07. The van der Waals surface area contributed by atoms with Crippen LogP contribution in [0.3, 0.4) is 0 Å². The Morgan fingerprint density at radius 3 is 2.70 bits per heavy atom. The molecule has 0 aromatic heterocycles. The van der Waals surface area contributed by atoms with E-state index in [4.69, 9.17) is 5.11 Å². The molecule has 0 aliphatic carbocycles. The number of methoxy groups -OCH3 is 1. The first-order chi connectivity index (χ1) is 9.35. The van der Waals surface area contributed by atoms with Gasteiger partial charge >= 0.3 is 22.3 Å². The number of hydrogen-bond donors (Lipinski definition) is 2. The van der Waals surface area contributed by atoms with Gasteiger partial charge in [-0.25, -0.2) is 14.3 Å². The highest BCUT2D eigenvalue weighted by atomic mass is 32.2. The number of rotatable bonds is 3. The van der Waals surface area contributed by atoms with Crippen LogP contribution in [-0.2, 0) is 21.4 Å². The highest BCUT2D eigenvalue weighted by Gasteiger charge is 2.31. The van der Waals surface area contributed by atoms with Gasteiger partial charge in [-0.15, -0.1) is 0 Å². The molecule has 2 N–H and O–H groups in total. The Morgan fingerprint density at radius 2 is 2.10 bits per heavy atom. The number of carboxylic acid groups (broad SMARTS) is 1. The Labute approximate surface area is 115 Å². The number of fused-ring (bicyclic) bond motifs is 1. The topological polar surface area (TPSA) is 113 Å². The first kappa shape index (κ1) is 14.1.